The number of hydrogen-bond donors (Lipinski definition) is 2. The minimum Gasteiger partial charge on any atom is -0.340 e. The fraction of sp³-hybridized carbons (Fsp3) is 0.440. The third-order valence-corrected chi connectivity index (χ3v) is 6.84. The molecule has 4 rings (SSSR count). The highest BCUT2D eigenvalue weighted by Crippen LogP contribution is 2.23. The Labute approximate surface area is 200 Å². The molecule has 0 radical (unpaired) electrons. The predicted molar refractivity (Wildman–Crippen MR) is 131 cm³/mol. The summed E-state index contributed by atoms with van der Waals surface area (Å²) in [7, 11) is 2.17. The van der Waals surface area contributed by atoms with Crippen molar-refractivity contribution >= 4 is 29.2 Å². The quantitative estimate of drug-likeness (QED) is 0.704. The molecule has 2 saturated heterocycles. The van der Waals surface area contributed by atoms with Gasteiger partial charge in [-0.15, -0.1) is 0 Å². The number of benzene rings is 2. The maximum Gasteiger partial charge on any atom is 0.320 e. The summed E-state index contributed by atoms with van der Waals surface area (Å²) in [5.74, 6) is -0.0655. The molecular weight excluding hydrogens is 438 g/mol. The summed E-state index contributed by atoms with van der Waals surface area (Å²) in [4.78, 5) is 33.0. The Balaban J connectivity index is 1.39. The molecule has 2 aliphatic rings. The number of carbonyl (C=O) groups is 2. The lowest BCUT2D eigenvalue weighted by atomic mass is 9.99. The lowest BCUT2D eigenvalue weighted by Crippen LogP contribution is -2.54. The molecular formula is C25H32ClN5O2. The normalized spacial score (nSPS) is 19.2. The van der Waals surface area contributed by atoms with Gasteiger partial charge in [-0.1, -0.05) is 41.9 Å². The number of halogens is 1. The van der Waals surface area contributed by atoms with Gasteiger partial charge in [-0.25, -0.2) is 4.79 Å². The number of piperidine rings is 1. The zero-order valence-corrected chi connectivity index (χ0v) is 19.8. The second-order valence-corrected chi connectivity index (χ2v) is 9.28. The first-order valence-electron chi connectivity index (χ1n) is 11.6. The van der Waals surface area contributed by atoms with E-state index >= 15 is 0 Å². The second-order valence-electron chi connectivity index (χ2n) is 8.84. The van der Waals surface area contributed by atoms with Crippen molar-refractivity contribution in [3.05, 3.63) is 65.2 Å². The number of rotatable bonds is 5. The van der Waals surface area contributed by atoms with E-state index in [4.69, 9.17) is 11.6 Å². The van der Waals surface area contributed by atoms with Crippen LogP contribution in [0.1, 0.15) is 24.4 Å². The maximum absolute atomic E-state index is 13.5. The number of carbonyl (C=O) groups excluding carboxylic acids is 2. The summed E-state index contributed by atoms with van der Waals surface area (Å²) >= 11 is 5.92. The summed E-state index contributed by atoms with van der Waals surface area (Å²) in [6.07, 6.45) is 1.93. The van der Waals surface area contributed by atoms with Gasteiger partial charge < -0.3 is 20.4 Å². The lowest BCUT2D eigenvalue weighted by Gasteiger charge is -2.42. The van der Waals surface area contributed by atoms with E-state index < -0.39 is 12.1 Å². The number of likely N-dealkylation sites (tertiary alicyclic amines) is 1. The molecule has 0 aromatic heterocycles. The molecule has 3 amide bonds. The Bertz CT molecular complexity index is 924. The minimum absolute atomic E-state index is 0.0655. The largest absolute Gasteiger partial charge is 0.340 e. The van der Waals surface area contributed by atoms with Crippen LogP contribution in [0.25, 0.3) is 0 Å². The summed E-state index contributed by atoms with van der Waals surface area (Å²) in [5.41, 5.74) is 1.39. The summed E-state index contributed by atoms with van der Waals surface area (Å²) in [6, 6.07) is 15.7. The zero-order valence-electron chi connectivity index (χ0n) is 19.0. The molecule has 0 unspecified atom stereocenters. The highest BCUT2D eigenvalue weighted by atomic mass is 35.5. The van der Waals surface area contributed by atoms with Crippen molar-refractivity contribution in [2.45, 2.75) is 24.9 Å². The average molecular weight is 470 g/mol. The first kappa shape index (κ1) is 23.5. The van der Waals surface area contributed by atoms with E-state index in [1.807, 2.05) is 35.2 Å². The van der Waals surface area contributed by atoms with E-state index in [9.17, 15) is 9.59 Å². The highest BCUT2D eigenvalue weighted by molar-refractivity contribution is 6.30. The molecule has 2 heterocycles. The van der Waals surface area contributed by atoms with Gasteiger partial charge in [-0.3, -0.25) is 9.69 Å². The van der Waals surface area contributed by atoms with E-state index in [2.05, 4.69) is 27.5 Å². The number of urea groups is 1. The molecule has 8 heteroatoms. The summed E-state index contributed by atoms with van der Waals surface area (Å²) in [5, 5.41) is 6.27. The number of nitrogens with zero attached hydrogens (tertiary/aromatic N) is 3. The molecule has 33 heavy (non-hydrogen) atoms. The first-order chi connectivity index (χ1) is 16.0. The first-order valence-corrected chi connectivity index (χ1v) is 12.0. The van der Waals surface area contributed by atoms with Crippen LogP contribution in [0.2, 0.25) is 5.02 Å². The Kier molecular flexibility index (Phi) is 7.85. The van der Waals surface area contributed by atoms with Crippen molar-refractivity contribution in [3.63, 3.8) is 0 Å². The number of piperazine rings is 1. The molecule has 2 aromatic carbocycles. The standard InChI is InChI=1S/C25H32ClN5O2/c1-29-15-17-30(18-16-29)22-11-13-31(14-12-22)24(32)23(19-5-3-2-4-6-19)28-25(33)27-21-9-7-20(26)8-10-21/h2-10,22-23H,11-18H2,1H3,(H2,27,28,33)/t23-/m1/s1. The van der Waals surface area contributed by atoms with Crippen LogP contribution >= 0.6 is 11.6 Å². The van der Waals surface area contributed by atoms with Crippen molar-refractivity contribution in [3.8, 4) is 0 Å². The van der Waals surface area contributed by atoms with Crippen molar-refractivity contribution in [1.82, 2.24) is 20.0 Å². The van der Waals surface area contributed by atoms with Crippen LogP contribution in [0, 0.1) is 0 Å². The minimum atomic E-state index is -0.737. The van der Waals surface area contributed by atoms with E-state index in [1.165, 1.54) is 0 Å². The zero-order chi connectivity index (χ0) is 23.2. The molecule has 0 aliphatic carbocycles. The van der Waals surface area contributed by atoms with Gasteiger partial charge in [0.05, 0.1) is 0 Å². The molecule has 2 N–H and O–H groups in total. The predicted octanol–water partition coefficient (Wildman–Crippen LogP) is 3.44. The van der Waals surface area contributed by atoms with Crippen LogP contribution in [0.5, 0.6) is 0 Å². The monoisotopic (exact) mass is 469 g/mol. The highest BCUT2D eigenvalue weighted by Gasteiger charge is 2.32. The summed E-state index contributed by atoms with van der Waals surface area (Å²) in [6.45, 7) is 5.80. The molecule has 7 nitrogen and oxygen atoms in total. The van der Waals surface area contributed by atoms with Crippen LogP contribution in [0.4, 0.5) is 10.5 Å². The molecule has 0 spiro atoms. The number of hydrogen-bond acceptors (Lipinski definition) is 4. The van der Waals surface area contributed by atoms with Gasteiger partial charge in [0.2, 0.25) is 5.91 Å². The molecule has 1 atom stereocenters. The van der Waals surface area contributed by atoms with Crippen LogP contribution in [-0.2, 0) is 4.79 Å². The Morgan fingerprint density at radius 1 is 0.909 bits per heavy atom. The van der Waals surface area contributed by atoms with Gasteiger partial charge in [0.15, 0.2) is 0 Å². The number of amides is 3. The number of likely N-dealkylation sites (N-methyl/N-ethyl adjacent to an activating group) is 1. The SMILES string of the molecule is CN1CCN(C2CCN(C(=O)[C@H](NC(=O)Nc3ccc(Cl)cc3)c3ccccc3)CC2)CC1. The maximum atomic E-state index is 13.5. The molecule has 2 fully saturated rings. The van der Waals surface area contributed by atoms with Gasteiger partial charge in [-0.2, -0.15) is 0 Å². The number of nitrogens with one attached hydrogen (secondary N) is 2. The third-order valence-electron chi connectivity index (χ3n) is 6.59. The molecule has 176 valence electrons. The Hall–Kier alpha value is -2.61. The Morgan fingerprint density at radius 2 is 1.55 bits per heavy atom. The van der Waals surface area contributed by atoms with Crippen LogP contribution in [0.3, 0.4) is 0 Å². The van der Waals surface area contributed by atoms with E-state index in [-0.39, 0.29) is 5.91 Å². The lowest BCUT2D eigenvalue weighted by molar-refractivity contribution is -0.135. The van der Waals surface area contributed by atoms with Crippen LogP contribution < -0.4 is 10.6 Å². The fourth-order valence-corrected chi connectivity index (χ4v) is 4.71. The van der Waals surface area contributed by atoms with Crippen LogP contribution in [-0.4, -0.2) is 79.0 Å². The topological polar surface area (TPSA) is 67.9 Å². The molecule has 2 aliphatic heterocycles. The van der Waals surface area contributed by atoms with E-state index in [1.54, 1.807) is 24.3 Å². The molecule has 0 bridgehead atoms. The van der Waals surface area contributed by atoms with E-state index in [0.717, 1.165) is 44.6 Å². The number of anilines is 1. The van der Waals surface area contributed by atoms with Gasteiger partial charge in [0, 0.05) is 56.0 Å². The van der Waals surface area contributed by atoms with Gasteiger partial charge in [-0.05, 0) is 49.7 Å². The van der Waals surface area contributed by atoms with Crippen molar-refractivity contribution in [2.24, 2.45) is 0 Å². The van der Waals surface area contributed by atoms with Crippen molar-refractivity contribution in [2.75, 3.05) is 51.6 Å². The second kappa shape index (κ2) is 11.0. The fourth-order valence-electron chi connectivity index (χ4n) is 4.59. The average Bonchev–Trinajstić information content (AvgIpc) is 2.85. The van der Waals surface area contributed by atoms with Gasteiger partial charge >= 0.3 is 6.03 Å². The van der Waals surface area contributed by atoms with Gasteiger partial charge in [0.1, 0.15) is 6.04 Å². The van der Waals surface area contributed by atoms with Crippen molar-refractivity contribution < 1.29 is 9.59 Å². The summed E-state index contributed by atoms with van der Waals surface area (Å²) < 4.78 is 0. The smallest absolute Gasteiger partial charge is 0.320 e. The van der Waals surface area contributed by atoms with Crippen molar-refractivity contribution in [1.29, 1.82) is 0 Å². The van der Waals surface area contributed by atoms with Crippen LogP contribution in [0.15, 0.2) is 54.6 Å². The molecule has 0 saturated carbocycles. The third kappa shape index (κ3) is 6.25. The van der Waals surface area contributed by atoms with E-state index in [0.29, 0.717) is 29.8 Å². The van der Waals surface area contributed by atoms with Gasteiger partial charge in [0.25, 0.3) is 0 Å². The Morgan fingerprint density at radius 3 is 2.18 bits per heavy atom. The molecule has 2 aromatic rings.